The molecular formula is C16H24O2. The quantitative estimate of drug-likeness (QED) is 0.724. The van der Waals surface area contributed by atoms with E-state index in [1.165, 1.54) is 31.2 Å². The molecule has 2 heteroatoms. The molecular weight excluding hydrogens is 224 g/mol. The Morgan fingerprint density at radius 3 is 2.67 bits per heavy atom. The molecule has 100 valence electrons. The smallest absolute Gasteiger partial charge is 0.231 e. The number of fused-ring (bicyclic) bond motifs is 1. The molecule has 0 bridgehead atoms. The standard InChI is InChI=1S/C16H24O2/c1-4-6-12(3)9-13(5-2)14-7-8-15-16(10-14)18-11-17-15/h7-8,10,12-13H,4-6,9,11H2,1-3H3. The lowest BCUT2D eigenvalue weighted by atomic mass is 9.86. The van der Waals surface area contributed by atoms with E-state index in [1.54, 1.807) is 0 Å². The van der Waals surface area contributed by atoms with Gasteiger partial charge in [-0.1, -0.05) is 39.7 Å². The van der Waals surface area contributed by atoms with Crippen molar-refractivity contribution in [2.75, 3.05) is 6.79 Å². The minimum Gasteiger partial charge on any atom is -0.454 e. The normalized spacial score (nSPS) is 16.6. The van der Waals surface area contributed by atoms with Gasteiger partial charge in [0.2, 0.25) is 6.79 Å². The van der Waals surface area contributed by atoms with E-state index in [1.807, 2.05) is 6.07 Å². The highest BCUT2D eigenvalue weighted by molar-refractivity contribution is 5.45. The van der Waals surface area contributed by atoms with Crippen molar-refractivity contribution >= 4 is 0 Å². The Hall–Kier alpha value is -1.18. The van der Waals surface area contributed by atoms with Crippen LogP contribution < -0.4 is 9.47 Å². The summed E-state index contributed by atoms with van der Waals surface area (Å²) in [5.74, 6) is 3.23. The average Bonchev–Trinajstić information content (AvgIpc) is 2.83. The molecule has 1 aromatic rings. The zero-order chi connectivity index (χ0) is 13.0. The minimum atomic E-state index is 0.363. The summed E-state index contributed by atoms with van der Waals surface area (Å²) < 4.78 is 10.8. The highest BCUT2D eigenvalue weighted by atomic mass is 16.7. The second-order valence-corrected chi connectivity index (χ2v) is 5.35. The molecule has 0 fully saturated rings. The van der Waals surface area contributed by atoms with Gasteiger partial charge in [0.05, 0.1) is 0 Å². The number of benzene rings is 1. The van der Waals surface area contributed by atoms with Crippen LogP contribution in [0.15, 0.2) is 18.2 Å². The van der Waals surface area contributed by atoms with Crippen molar-refractivity contribution in [2.24, 2.45) is 5.92 Å². The van der Waals surface area contributed by atoms with E-state index in [-0.39, 0.29) is 0 Å². The summed E-state index contributed by atoms with van der Waals surface area (Å²) in [6.07, 6.45) is 5.05. The third-order valence-electron chi connectivity index (χ3n) is 3.83. The van der Waals surface area contributed by atoms with E-state index >= 15 is 0 Å². The summed E-state index contributed by atoms with van der Waals surface area (Å²) in [7, 11) is 0. The second kappa shape index (κ2) is 6.12. The van der Waals surface area contributed by atoms with Gasteiger partial charge in [0.25, 0.3) is 0 Å². The van der Waals surface area contributed by atoms with E-state index in [0.717, 1.165) is 17.4 Å². The molecule has 1 aromatic carbocycles. The zero-order valence-electron chi connectivity index (χ0n) is 11.7. The van der Waals surface area contributed by atoms with Gasteiger partial charge in [-0.15, -0.1) is 0 Å². The lowest BCUT2D eigenvalue weighted by Gasteiger charge is -2.20. The Kier molecular flexibility index (Phi) is 4.51. The van der Waals surface area contributed by atoms with Crippen LogP contribution in [0, 0.1) is 5.92 Å². The van der Waals surface area contributed by atoms with Gasteiger partial charge in [0.15, 0.2) is 11.5 Å². The van der Waals surface area contributed by atoms with Gasteiger partial charge in [0, 0.05) is 0 Å². The van der Waals surface area contributed by atoms with Crippen LogP contribution in [0.4, 0.5) is 0 Å². The number of rotatable bonds is 6. The summed E-state index contributed by atoms with van der Waals surface area (Å²) in [6.45, 7) is 7.26. The maximum atomic E-state index is 5.46. The van der Waals surface area contributed by atoms with E-state index in [4.69, 9.17) is 9.47 Å². The molecule has 2 unspecified atom stereocenters. The molecule has 1 aliphatic rings. The molecule has 0 radical (unpaired) electrons. The van der Waals surface area contributed by atoms with E-state index in [0.29, 0.717) is 12.7 Å². The molecule has 2 nitrogen and oxygen atoms in total. The highest BCUT2D eigenvalue weighted by Crippen LogP contribution is 2.37. The van der Waals surface area contributed by atoms with Crippen LogP contribution in [0.1, 0.15) is 57.9 Å². The third kappa shape index (κ3) is 2.98. The molecule has 0 N–H and O–H groups in total. The van der Waals surface area contributed by atoms with Crippen LogP contribution in [0.2, 0.25) is 0 Å². The largest absolute Gasteiger partial charge is 0.454 e. The fraction of sp³-hybridized carbons (Fsp3) is 0.625. The van der Waals surface area contributed by atoms with Gasteiger partial charge >= 0.3 is 0 Å². The Morgan fingerprint density at radius 2 is 1.94 bits per heavy atom. The monoisotopic (exact) mass is 248 g/mol. The van der Waals surface area contributed by atoms with Gasteiger partial charge in [-0.3, -0.25) is 0 Å². The molecule has 18 heavy (non-hydrogen) atoms. The summed E-state index contributed by atoms with van der Waals surface area (Å²) >= 11 is 0. The predicted molar refractivity (Wildman–Crippen MR) is 74.3 cm³/mol. The Morgan fingerprint density at radius 1 is 1.17 bits per heavy atom. The van der Waals surface area contributed by atoms with Crippen molar-refractivity contribution < 1.29 is 9.47 Å². The minimum absolute atomic E-state index is 0.363. The molecule has 0 saturated carbocycles. The molecule has 0 aromatic heterocycles. The number of hydrogen-bond donors (Lipinski definition) is 0. The molecule has 0 saturated heterocycles. The molecule has 0 amide bonds. The first-order chi connectivity index (χ1) is 8.74. The van der Waals surface area contributed by atoms with Crippen LogP contribution in [0.3, 0.4) is 0 Å². The summed E-state index contributed by atoms with van der Waals surface area (Å²) in [5, 5.41) is 0. The highest BCUT2D eigenvalue weighted by Gasteiger charge is 2.18. The van der Waals surface area contributed by atoms with Crippen LogP contribution in [-0.4, -0.2) is 6.79 Å². The predicted octanol–water partition coefficient (Wildman–Crippen LogP) is 4.74. The average molecular weight is 248 g/mol. The van der Waals surface area contributed by atoms with E-state index < -0.39 is 0 Å². The van der Waals surface area contributed by atoms with Crippen LogP contribution >= 0.6 is 0 Å². The van der Waals surface area contributed by atoms with Crippen molar-refractivity contribution in [1.82, 2.24) is 0 Å². The number of ether oxygens (including phenoxy) is 2. The topological polar surface area (TPSA) is 18.5 Å². The van der Waals surface area contributed by atoms with Crippen molar-refractivity contribution in [3.63, 3.8) is 0 Å². The maximum Gasteiger partial charge on any atom is 0.231 e. The van der Waals surface area contributed by atoms with Gasteiger partial charge < -0.3 is 9.47 Å². The Labute approximate surface area is 110 Å². The first-order valence-electron chi connectivity index (χ1n) is 7.14. The Balaban J connectivity index is 2.07. The summed E-state index contributed by atoms with van der Waals surface area (Å²) in [5.41, 5.74) is 1.39. The van der Waals surface area contributed by atoms with Crippen molar-refractivity contribution in [1.29, 1.82) is 0 Å². The summed E-state index contributed by atoms with van der Waals surface area (Å²) in [6, 6.07) is 6.40. The zero-order valence-corrected chi connectivity index (χ0v) is 11.7. The maximum absolute atomic E-state index is 5.46. The van der Waals surface area contributed by atoms with Gasteiger partial charge in [-0.05, 0) is 42.4 Å². The lowest BCUT2D eigenvalue weighted by Crippen LogP contribution is -2.04. The molecule has 2 atom stereocenters. The number of hydrogen-bond acceptors (Lipinski definition) is 2. The lowest BCUT2D eigenvalue weighted by molar-refractivity contribution is 0.174. The van der Waals surface area contributed by atoms with Crippen molar-refractivity contribution in [3.8, 4) is 11.5 Å². The first-order valence-corrected chi connectivity index (χ1v) is 7.14. The van der Waals surface area contributed by atoms with Gasteiger partial charge in [-0.25, -0.2) is 0 Å². The van der Waals surface area contributed by atoms with Crippen LogP contribution in [-0.2, 0) is 0 Å². The van der Waals surface area contributed by atoms with E-state index in [2.05, 4.69) is 32.9 Å². The van der Waals surface area contributed by atoms with Crippen LogP contribution in [0.25, 0.3) is 0 Å². The van der Waals surface area contributed by atoms with Crippen molar-refractivity contribution in [3.05, 3.63) is 23.8 Å². The Bertz CT molecular complexity index is 387. The SMILES string of the molecule is CCCC(C)CC(CC)c1ccc2c(c1)OCO2. The fourth-order valence-electron chi connectivity index (χ4n) is 2.80. The molecule has 2 rings (SSSR count). The first kappa shape index (κ1) is 13.3. The van der Waals surface area contributed by atoms with E-state index in [9.17, 15) is 0 Å². The third-order valence-corrected chi connectivity index (χ3v) is 3.83. The fourth-order valence-corrected chi connectivity index (χ4v) is 2.80. The molecule has 1 aliphatic heterocycles. The molecule has 0 spiro atoms. The second-order valence-electron chi connectivity index (χ2n) is 5.35. The van der Waals surface area contributed by atoms with Gasteiger partial charge in [0.1, 0.15) is 0 Å². The van der Waals surface area contributed by atoms with Gasteiger partial charge in [-0.2, -0.15) is 0 Å². The molecule has 0 aliphatic carbocycles. The summed E-state index contributed by atoms with van der Waals surface area (Å²) in [4.78, 5) is 0. The van der Waals surface area contributed by atoms with Crippen LogP contribution in [0.5, 0.6) is 11.5 Å². The van der Waals surface area contributed by atoms with Crippen molar-refractivity contribution in [2.45, 2.75) is 52.4 Å². The molecule has 1 heterocycles.